The van der Waals surface area contributed by atoms with Gasteiger partial charge in [0.2, 0.25) is 5.88 Å². The van der Waals surface area contributed by atoms with Gasteiger partial charge >= 0.3 is 0 Å². The molecule has 0 radical (unpaired) electrons. The van der Waals surface area contributed by atoms with Crippen LogP contribution >= 0.6 is 11.6 Å². The monoisotopic (exact) mass is 343 g/mol. The van der Waals surface area contributed by atoms with E-state index < -0.39 is 0 Å². The number of nitrogens with zero attached hydrogens (tertiary/aromatic N) is 2. The Bertz CT molecular complexity index is 798. The van der Waals surface area contributed by atoms with Crippen molar-refractivity contribution in [3.8, 4) is 11.9 Å². The van der Waals surface area contributed by atoms with Crippen molar-refractivity contribution in [2.45, 2.75) is 12.5 Å². The summed E-state index contributed by atoms with van der Waals surface area (Å²) in [7, 11) is 0. The van der Waals surface area contributed by atoms with Gasteiger partial charge in [-0.15, -0.1) is 0 Å². The van der Waals surface area contributed by atoms with Crippen molar-refractivity contribution in [3.05, 3.63) is 52.7 Å². The highest BCUT2D eigenvalue weighted by molar-refractivity contribution is 6.32. The van der Waals surface area contributed by atoms with E-state index in [1.54, 1.807) is 24.3 Å². The van der Waals surface area contributed by atoms with Gasteiger partial charge in [-0.1, -0.05) is 11.6 Å². The summed E-state index contributed by atoms with van der Waals surface area (Å²) >= 11 is 5.96. The SMILES string of the molecule is N#Cc1ccc(NC(=O)c2ccnc(O[C@H]3CCOC3)c2)cc1Cl. The zero-order valence-corrected chi connectivity index (χ0v) is 13.4. The minimum Gasteiger partial charge on any atom is -0.472 e. The first-order valence-electron chi connectivity index (χ1n) is 7.37. The fourth-order valence-electron chi connectivity index (χ4n) is 2.28. The Morgan fingerprint density at radius 2 is 2.29 bits per heavy atom. The highest BCUT2D eigenvalue weighted by atomic mass is 35.5. The van der Waals surface area contributed by atoms with Gasteiger partial charge < -0.3 is 14.8 Å². The predicted octanol–water partition coefficient (Wildman–Crippen LogP) is 3.03. The number of hydrogen-bond donors (Lipinski definition) is 1. The number of pyridine rings is 1. The molecule has 6 nitrogen and oxygen atoms in total. The fourth-order valence-corrected chi connectivity index (χ4v) is 2.50. The van der Waals surface area contributed by atoms with Crippen molar-refractivity contribution in [1.82, 2.24) is 4.98 Å². The van der Waals surface area contributed by atoms with Gasteiger partial charge in [0.05, 0.1) is 23.8 Å². The highest BCUT2D eigenvalue weighted by Gasteiger charge is 2.18. The lowest BCUT2D eigenvalue weighted by atomic mass is 10.2. The summed E-state index contributed by atoms with van der Waals surface area (Å²) in [5.41, 5.74) is 1.28. The molecule has 1 aliphatic heterocycles. The minimum atomic E-state index is -0.314. The maximum absolute atomic E-state index is 12.3. The van der Waals surface area contributed by atoms with Gasteiger partial charge in [0, 0.05) is 29.9 Å². The number of nitriles is 1. The number of nitrogens with one attached hydrogen (secondary N) is 1. The van der Waals surface area contributed by atoms with Crippen LogP contribution in [0.15, 0.2) is 36.5 Å². The lowest BCUT2D eigenvalue weighted by molar-refractivity contribution is 0.102. The van der Waals surface area contributed by atoms with Crippen LogP contribution < -0.4 is 10.1 Å². The molecule has 0 bridgehead atoms. The van der Waals surface area contributed by atoms with Crippen molar-refractivity contribution in [2.75, 3.05) is 18.5 Å². The molecule has 0 spiro atoms. The number of amides is 1. The van der Waals surface area contributed by atoms with Crippen LogP contribution in [0.25, 0.3) is 0 Å². The van der Waals surface area contributed by atoms with Gasteiger partial charge in [0.15, 0.2) is 0 Å². The molecule has 2 aromatic rings. The highest BCUT2D eigenvalue weighted by Crippen LogP contribution is 2.21. The molecular weight excluding hydrogens is 330 g/mol. The number of benzene rings is 1. The first-order chi connectivity index (χ1) is 11.7. The van der Waals surface area contributed by atoms with Crippen molar-refractivity contribution in [2.24, 2.45) is 0 Å². The first-order valence-corrected chi connectivity index (χ1v) is 7.75. The van der Waals surface area contributed by atoms with E-state index in [-0.39, 0.29) is 17.0 Å². The van der Waals surface area contributed by atoms with Gasteiger partial charge in [0.25, 0.3) is 5.91 Å². The van der Waals surface area contributed by atoms with E-state index >= 15 is 0 Å². The van der Waals surface area contributed by atoms with E-state index in [0.29, 0.717) is 35.9 Å². The molecule has 1 aromatic heterocycles. The van der Waals surface area contributed by atoms with Crippen LogP contribution in [-0.4, -0.2) is 30.2 Å². The maximum Gasteiger partial charge on any atom is 0.255 e. The van der Waals surface area contributed by atoms with Gasteiger partial charge in [-0.05, 0) is 24.3 Å². The Morgan fingerprint density at radius 3 is 3.00 bits per heavy atom. The average Bonchev–Trinajstić information content (AvgIpc) is 3.08. The number of halogens is 1. The third kappa shape index (κ3) is 3.82. The average molecular weight is 344 g/mol. The van der Waals surface area contributed by atoms with E-state index in [2.05, 4.69) is 10.3 Å². The molecular formula is C17H14ClN3O3. The molecule has 1 aromatic carbocycles. The molecule has 1 amide bonds. The van der Waals surface area contributed by atoms with E-state index in [1.165, 1.54) is 12.3 Å². The van der Waals surface area contributed by atoms with E-state index in [1.807, 2.05) is 6.07 Å². The number of rotatable bonds is 4. The number of aromatic nitrogens is 1. The number of carbonyl (C=O) groups excluding carboxylic acids is 1. The number of ether oxygens (including phenoxy) is 2. The van der Waals surface area contributed by atoms with Gasteiger partial charge in [0.1, 0.15) is 12.2 Å². The number of hydrogen-bond acceptors (Lipinski definition) is 5. The Kier molecular flexibility index (Phi) is 4.94. The van der Waals surface area contributed by atoms with Crippen LogP contribution in [-0.2, 0) is 4.74 Å². The van der Waals surface area contributed by atoms with Crippen molar-refractivity contribution in [3.63, 3.8) is 0 Å². The second-order valence-corrected chi connectivity index (χ2v) is 5.65. The first kappa shape index (κ1) is 16.2. The molecule has 0 unspecified atom stereocenters. The fraction of sp³-hybridized carbons (Fsp3) is 0.235. The van der Waals surface area contributed by atoms with Gasteiger partial charge in [-0.25, -0.2) is 4.98 Å². The summed E-state index contributed by atoms with van der Waals surface area (Å²) in [5.74, 6) is 0.0710. The largest absolute Gasteiger partial charge is 0.472 e. The van der Waals surface area contributed by atoms with Crippen LogP contribution in [0, 0.1) is 11.3 Å². The van der Waals surface area contributed by atoms with Crippen LogP contribution in [0.1, 0.15) is 22.3 Å². The number of anilines is 1. The summed E-state index contributed by atoms with van der Waals surface area (Å²) in [6.07, 6.45) is 2.29. The van der Waals surface area contributed by atoms with E-state index in [0.717, 1.165) is 6.42 Å². The smallest absolute Gasteiger partial charge is 0.255 e. The van der Waals surface area contributed by atoms with Crippen LogP contribution in [0.4, 0.5) is 5.69 Å². The van der Waals surface area contributed by atoms with Crippen LogP contribution in [0.5, 0.6) is 5.88 Å². The second-order valence-electron chi connectivity index (χ2n) is 5.25. The quantitative estimate of drug-likeness (QED) is 0.922. The molecule has 3 rings (SSSR count). The predicted molar refractivity (Wildman–Crippen MR) is 88.2 cm³/mol. The Labute approximate surface area is 144 Å². The third-order valence-electron chi connectivity index (χ3n) is 3.52. The molecule has 1 aliphatic rings. The van der Waals surface area contributed by atoms with Gasteiger partial charge in [-0.2, -0.15) is 5.26 Å². The molecule has 122 valence electrons. The molecule has 1 atom stereocenters. The summed E-state index contributed by atoms with van der Waals surface area (Å²) in [4.78, 5) is 16.5. The topological polar surface area (TPSA) is 84.2 Å². The normalized spacial score (nSPS) is 16.4. The summed E-state index contributed by atoms with van der Waals surface area (Å²) < 4.78 is 10.9. The molecule has 1 fully saturated rings. The van der Waals surface area contributed by atoms with Crippen molar-refractivity contribution < 1.29 is 14.3 Å². The summed E-state index contributed by atoms with van der Waals surface area (Å²) in [6.45, 7) is 1.20. The lowest BCUT2D eigenvalue weighted by Crippen LogP contribution is -2.17. The standard InChI is InChI=1S/C17H14ClN3O3/c18-15-8-13(2-1-12(15)9-19)21-17(22)11-3-5-20-16(7-11)24-14-4-6-23-10-14/h1-3,5,7-8,14H,4,6,10H2,(H,21,22)/t14-/m0/s1. The van der Waals surface area contributed by atoms with E-state index in [9.17, 15) is 4.79 Å². The van der Waals surface area contributed by atoms with Gasteiger partial charge in [-0.3, -0.25) is 4.79 Å². The zero-order chi connectivity index (χ0) is 16.9. The molecule has 24 heavy (non-hydrogen) atoms. The van der Waals surface area contributed by atoms with Crippen LogP contribution in [0.3, 0.4) is 0 Å². The molecule has 0 saturated carbocycles. The molecule has 1 saturated heterocycles. The summed E-state index contributed by atoms with van der Waals surface area (Å²) in [6, 6.07) is 9.86. The Balaban J connectivity index is 1.70. The van der Waals surface area contributed by atoms with E-state index in [4.69, 9.17) is 26.3 Å². The number of carbonyl (C=O) groups is 1. The third-order valence-corrected chi connectivity index (χ3v) is 3.83. The Hall–Kier alpha value is -2.62. The Morgan fingerprint density at radius 1 is 1.42 bits per heavy atom. The second kappa shape index (κ2) is 7.30. The lowest BCUT2D eigenvalue weighted by Gasteiger charge is -2.11. The molecule has 1 N–H and O–H groups in total. The van der Waals surface area contributed by atoms with Crippen molar-refractivity contribution in [1.29, 1.82) is 5.26 Å². The van der Waals surface area contributed by atoms with Crippen molar-refractivity contribution >= 4 is 23.2 Å². The summed E-state index contributed by atoms with van der Waals surface area (Å²) in [5, 5.41) is 11.9. The minimum absolute atomic E-state index is 0.0341. The zero-order valence-electron chi connectivity index (χ0n) is 12.7. The molecule has 0 aliphatic carbocycles. The molecule has 7 heteroatoms. The molecule has 2 heterocycles. The maximum atomic E-state index is 12.3. The van der Waals surface area contributed by atoms with Crippen LogP contribution in [0.2, 0.25) is 5.02 Å².